The Morgan fingerprint density at radius 2 is 2.38 bits per heavy atom. The summed E-state index contributed by atoms with van der Waals surface area (Å²) in [6.07, 6.45) is 4.83. The van der Waals surface area contributed by atoms with Crippen molar-refractivity contribution in [2.75, 3.05) is 0 Å². The lowest BCUT2D eigenvalue weighted by Gasteiger charge is -1.95. The third-order valence-corrected chi connectivity index (χ3v) is 3.26. The second-order valence-corrected chi connectivity index (χ2v) is 4.70. The molecule has 0 saturated heterocycles. The molecule has 0 N–H and O–H groups in total. The molecule has 2 heterocycles. The van der Waals surface area contributed by atoms with Crippen LogP contribution in [0.25, 0.3) is 11.3 Å². The Kier molecular flexibility index (Phi) is 3.28. The first kappa shape index (κ1) is 10.8. The molecule has 0 aromatic carbocycles. The molecule has 0 amide bonds. The quantitative estimate of drug-likeness (QED) is 0.813. The molecule has 2 aromatic rings. The van der Waals surface area contributed by atoms with Crippen LogP contribution in [0.3, 0.4) is 0 Å². The van der Waals surface area contributed by atoms with Crippen molar-refractivity contribution in [3.8, 4) is 17.3 Å². The van der Waals surface area contributed by atoms with Crippen molar-refractivity contribution in [1.29, 1.82) is 5.26 Å². The molecule has 4 heteroatoms. The third-order valence-electron chi connectivity index (χ3n) is 2.23. The highest BCUT2D eigenvalue weighted by Crippen LogP contribution is 2.27. The number of aryl methyl sites for hydroxylation is 2. The average Bonchev–Trinajstić information content (AvgIpc) is 2.69. The Labute approximate surface area is 98.4 Å². The van der Waals surface area contributed by atoms with Crippen molar-refractivity contribution in [2.45, 2.75) is 19.8 Å². The fourth-order valence-electron chi connectivity index (χ4n) is 1.49. The first-order valence-corrected chi connectivity index (χ1v) is 5.86. The van der Waals surface area contributed by atoms with Crippen molar-refractivity contribution in [2.24, 2.45) is 0 Å². The van der Waals surface area contributed by atoms with Crippen molar-refractivity contribution in [3.63, 3.8) is 0 Å². The summed E-state index contributed by atoms with van der Waals surface area (Å²) >= 11 is 1.66. The van der Waals surface area contributed by atoms with Gasteiger partial charge in [-0.1, -0.05) is 0 Å². The second-order valence-electron chi connectivity index (χ2n) is 3.41. The molecule has 0 saturated carbocycles. The van der Waals surface area contributed by atoms with E-state index in [4.69, 9.17) is 5.26 Å². The molecule has 0 spiro atoms. The number of pyridine rings is 1. The van der Waals surface area contributed by atoms with Crippen LogP contribution in [0.1, 0.15) is 16.3 Å². The molecule has 0 fully saturated rings. The smallest absolute Gasteiger partial charge is 0.0945 e. The fraction of sp³-hybridized carbons (Fsp3) is 0.250. The van der Waals surface area contributed by atoms with Gasteiger partial charge in [0, 0.05) is 35.7 Å². The van der Waals surface area contributed by atoms with E-state index < -0.39 is 0 Å². The molecule has 0 bridgehead atoms. The highest BCUT2D eigenvalue weighted by Gasteiger charge is 2.09. The average molecular weight is 229 g/mol. The van der Waals surface area contributed by atoms with Gasteiger partial charge in [-0.05, 0) is 19.1 Å². The maximum absolute atomic E-state index is 8.54. The Morgan fingerprint density at radius 3 is 3.06 bits per heavy atom. The van der Waals surface area contributed by atoms with Gasteiger partial charge in [-0.25, -0.2) is 4.98 Å². The lowest BCUT2D eigenvalue weighted by Crippen LogP contribution is -1.84. The summed E-state index contributed by atoms with van der Waals surface area (Å²) in [4.78, 5) is 9.81. The predicted molar refractivity (Wildman–Crippen MR) is 64.0 cm³/mol. The largest absolute Gasteiger partial charge is 0.264 e. The number of aromatic nitrogens is 2. The van der Waals surface area contributed by atoms with Crippen LogP contribution in [0.2, 0.25) is 0 Å². The number of hydrogen-bond donors (Lipinski definition) is 0. The van der Waals surface area contributed by atoms with Gasteiger partial charge in [0.2, 0.25) is 0 Å². The van der Waals surface area contributed by atoms with E-state index in [1.54, 1.807) is 17.5 Å². The van der Waals surface area contributed by atoms with E-state index >= 15 is 0 Å². The van der Waals surface area contributed by atoms with E-state index in [9.17, 15) is 0 Å². The minimum absolute atomic E-state index is 0.527. The van der Waals surface area contributed by atoms with Crippen molar-refractivity contribution in [3.05, 3.63) is 34.4 Å². The predicted octanol–water partition coefficient (Wildman–Crippen LogP) is 2.97. The number of nitriles is 1. The molecule has 0 radical (unpaired) electrons. The zero-order valence-corrected chi connectivity index (χ0v) is 9.79. The van der Waals surface area contributed by atoms with Gasteiger partial charge in [0.25, 0.3) is 0 Å². The molecule has 16 heavy (non-hydrogen) atoms. The molecule has 80 valence electrons. The van der Waals surface area contributed by atoms with Gasteiger partial charge in [0.15, 0.2) is 0 Å². The van der Waals surface area contributed by atoms with Crippen LogP contribution in [0.15, 0.2) is 24.5 Å². The van der Waals surface area contributed by atoms with Crippen molar-refractivity contribution >= 4 is 11.3 Å². The first-order valence-electron chi connectivity index (χ1n) is 5.05. The molecule has 2 rings (SSSR count). The fourth-order valence-corrected chi connectivity index (χ4v) is 2.45. The van der Waals surface area contributed by atoms with Gasteiger partial charge in [-0.3, -0.25) is 4.98 Å². The lowest BCUT2D eigenvalue weighted by atomic mass is 10.2. The SMILES string of the molecule is Cc1sc(CCC#N)nc1-c1cccnc1. The standard InChI is InChI=1S/C12H11N3S/c1-9-12(10-4-3-7-14-8-10)15-11(16-9)5-2-6-13/h3-4,7-8H,2,5H2,1H3. The molecule has 3 nitrogen and oxygen atoms in total. The van der Waals surface area contributed by atoms with Crippen LogP contribution in [-0.4, -0.2) is 9.97 Å². The van der Waals surface area contributed by atoms with E-state index in [0.717, 1.165) is 22.7 Å². The van der Waals surface area contributed by atoms with E-state index in [-0.39, 0.29) is 0 Å². The number of nitrogens with zero attached hydrogens (tertiary/aromatic N) is 3. The summed E-state index contributed by atoms with van der Waals surface area (Å²) in [5.74, 6) is 0. The molecule has 0 unspecified atom stereocenters. The normalized spacial score (nSPS) is 10.0. The molecule has 0 atom stereocenters. The zero-order valence-electron chi connectivity index (χ0n) is 8.97. The van der Waals surface area contributed by atoms with Crippen molar-refractivity contribution < 1.29 is 0 Å². The zero-order chi connectivity index (χ0) is 11.4. The van der Waals surface area contributed by atoms with Gasteiger partial charge in [-0.2, -0.15) is 5.26 Å². The van der Waals surface area contributed by atoms with Gasteiger partial charge in [-0.15, -0.1) is 11.3 Å². The van der Waals surface area contributed by atoms with Crippen LogP contribution >= 0.6 is 11.3 Å². The summed E-state index contributed by atoms with van der Waals surface area (Å²) in [7, 11) is 0. The number of rotatable bonds is 3. The Morgan fingerprint density at radius 1 is 1.50 bits per heavy atom. The molecule has 2 aromatic heterocycles. The third kappa shape index (κ3) is 2.26. The maximum atomic E-state index is 8.54. The highest BCUT2D eigenvalue weighted by atomic mass is 32.1. The van der Waals surface area contributed by atoms with E-state index in [1.807, 2.05) is 18.3 Å². The highest BCUT2D eigenvalue weighted by molar-refractivity contribution is 7.12. The van der Waals surface area contributed by atoms with Gasteiger partial charge >= 0.3 is 0 Å². The number of thiazole rings is 1. The van der Waals surface area contributed by atoms with Crippen LogP contribution in [0.5, 0.6) is 0 Å². The van der Waals surface area contributed by atoms with Crippen LogP contribution in [0, 0.1) is 18.3 Å². The molecular weight excluding hydrogens is 218 g/mol. The molecular formula is C12H11N3S. The maximum Gasteiger partial charge on any atom is 0.0945 e. The summed E-state index contributed by atoms with van der Waals surface area (Å²) in [6, 6.07) is 6.05. The number of hydrogen-bond acceptors (Lipinski definition) is 4. The van der Waals surface area contributed by atoms with Crippen LogP contribution < -0.4 is 0 Å². The minimum atomic E-state index is 0.527. The topological polar surface area (TPSA) is 49.6 Å². The minimum Gasteiger partial charge on any atom is -0.264 e. The Bertz CT molecular complexity index is 511. The van der Waals surface area contributed by atoms with Gasteiger partial charge < -0.3 is 0 Å². The summed E-state index contributed by atoms with van der Waals surface area (Å²) in [5.41, 5.74) is 2.03. The molecule has 0 aliphatic rings. The van der Waals surface area contributed by atoms with Crippen LogP contribution in [-0.2, 0) is 6.42 Å². The Hall–Kier alpha value is -1.73. The molecule has 0 aliphatic heterocycles. The summed E-state index contributed by atoms with van der Waals surface area (Å²) in [5, 5.41) is 9.56. The van der Waals surface area contributed by atoms with E-state index in [0.29, 0.717) is 6.42 Å². The van der Waals surface area contributed by atoms with E-state index in [2.05, 4.69) is 23.0 Å². The summed E-state index contributed by atoms with van der Waals surface area (Å²) in [6.45, 7) is 2.05. The monoisotopic (exact) mass is 229 g/mol. The van der Waals surface area contributed by atoms with Gasteiger partial charge in [0.1, 0.15) is 0 Å². The second kappa shape index (κ2) is 4.86. The van der Waals surface area contributed by atoms with E-state index in [1.165, 1.54) is 4.88 Å². The van der Waals surface area contributed by atoms with Gasteiger partial charge in [0.05, 0.1) is 16.8 Å². The van der Waals surface area contributed by atoms with Crippen LogP contribution in [0.4, 0.5) is 0 Å². The van der Waals surface area contributed by atoms with Crippen molar-refractivity contribution in [1.82, 2.24) is 9.97 Å². The lowest BCUT2D eigenvalue weighted by molar-refractivity contribution is 0.990. The first-order chi connectivity index (χ1) is 7.81. The Balaban J connectivity index is 2.29. The molecule has 0 aliphatic carbocycles. The summed E-state index contributed by atoms with van der Waals surface area (Å²) < 4.78 is 0.